The van der Waals surface area contributed by atoms with E-state index in [-0.39, 0.29) is 44.8 Å². The molecule has 13 aromatic carbocycles. The van der Waals surface area contributed by atoms with E-state index in [1.54, 1.807) is 21.7 Å². The summed E-state index contributed by atoms with van der Waals surface area (Å²) in [4.78, 5) is 0. The first-order valence-electron chi connectivity index (χ1n) is 26.3. The van der Waals surface area contributed by atoms with Crippen LogP contribution < -0.4 is 31.8 Å². The number of aryl methyl sites for hydroxylation is 2. The maximum absolute atomic E-state index is 7.56. The molecule has 0 aliphatic heterocycles. The Morgan fingerprint density at radius 3 is 0.885 bits per heavy atom. The molecule has 1 aliphatic rings. The molecular formula is C74H54Au2P2+2. The van der Waals surface area contributed by atoms with E-state index in [9.17, 15) is 0 Å². The SMILES string of the molecule is [Au+].[Au+].[C-]#Cc1cc2c3ccccc3ccc2c2ccccc12.[C-]#Cc1cc2c3ccccc3ccc2c2ccccc12.c1ccc([PH+](c2ccccc2)c2cc3c(cc2[PH+](c2ccccc2)c2ccccc2)CCCC3)cc1. The van der Waals surface area contributed by atoms with Crippen LogP contribution >= 0.6 is 15.8 Å². The van der Waals surface area contributed by atoms with Gasteiger partial charge in [-0.05, 0) is 151 Å². The topological polar surface area (TPSA) is 0 Å². The number of hydrogen-bond donors (Lipinski definition) is 0. The van der Waals surface area contributed by atoms with Crippen molar-refractivity contribution in [2.45, 2.75) is 25.7 Å². The Bertz CT molecular complexity index is 3960. The van der Waals surface area contributed by atoms with Crippen LogP contribution in [0.2, 0.25) is 0 Å². The molecule has 14 rings (SSSR count). The first-order valence-corrected chi connectivity index (χ1v) is 29.3. The van der Waals surface area contributed by atoms with E-state index >= 15 is 0 Å². The summed E-state index contributed by atoms with van der Waals surface area (Å²) < 4.78 is 0. The summed E-state index contributed by atoms with van der Waals surface area (Å²) in [6.45, 7) is 0. The van der Waals surface area contributed by atoms with Crippen LogP contribution in [0.25, 0.3) is 64.6 Å². The Hall–Kier alpha value is -7.12. The molecule has 0 N–H and O–H groups in total. The maximum Gasteiger partial charge on any atom is 1.00 e. The van der Waals surface area contributed by atoms with Gasteiger partial charge in [-0.25, -0.2) is 0 Å². The predicted octanol–water partition coefficient (Wildman–Crippen LogP) is 15.7. The molecule has 0 unspecified atom stereocenters. The Labute approximate surface area is 492 Å². The molecule has 0 saturated carbocycles. The van der Waals surface area contributed by atoms with Crippen LogP contribution in [0.1, 0.15) is 35.1 Å². The van der Waals surface area contributed by atoms with Crippen LogP contribution in [0.15, 0.2) is 267 Å². The normalized spacial score (nSPS) is 11.6. The summed E-state index contributed by atoms with van der Waals surface area (Å²) in [7, 11) is -2.35. The molecule has 0 heterocycles. The Morgan fingerprint density at radius 1 is 0.269 bits per heavy atom. The fourth-order valence-electron chi connectivity index (χ4n) is 11.5. The van der Waals surface area contributed by atoms with E-state index in [1.807, 2.05) is 24.3 Å². The average Bonchev–Trinajstić information content (AvgIpc) is 3.57. The van der Waals surface area contributed by atoms with Crippen LogP contribution in [0.3, 0.4) is 0 Å². The molecular weight excluding hydrogens is 1340 g/mol. The Morgan fingerprint density at radius 2 is 0.551 bits per heavy atom. The largest absolute Gasteiger partial charge is 1.00 e. The van der Waals surface area contributed by atoms with E-state index in [0.717, 1.165) is 21.9 Å². The third-order valence-corrected chi connectivity index (χ3v) is 20.9. The van der Waals surface area contributed by atoms with Gasteiger partial charge in [0.15, 0.2) is 0 Å². The van der Waals surface area contributed by atoms with Crippen molar-refractivity contribution in [3.8, 4) is 11.8 Å². The van der Waals surface area contributed by atoms with Crippen molar-refractivity contribution >= 4 is 112 Å². The molecule has 0 saturated heterocycles. The number of benzene rings is 13. The second kappa shape index (κ2) is 25.1. The minimum atomic E-state index is -1.17. The fourth-order valence-corrected chi connectivity index (χ4v) is 17.6. The van der Waals surface area contributed by atoms with Crippen molar-refractivity contribution in [2.75, 3.05) is 0 Å². The van der Waals surface area contributed by atoms with Crippen molar-refractivity contribution in [1.82, 2.24) is 0 Å². The van der Waals surface area contributed by atoms with Gasteiger partial charge in [-0.2, -0.15) is 0 Å². The molecule has 0 spiro atoms. The van der Waals surface area contributed by atoms with Gasteiger partial charge in [0.05, 0.1) is 0 Å². The maximum atomic E-state index is 7.56. The van der Waals surface area contributed by atoms with E-state index in [0.29, 0.717) is 0 Å². The zero-order valence-corrected chi connectivity index (χ0v) is 49.2. The molecule has 0 bridgehead atoms. The third-order valence-electron chi connectivity index (χ3n) is 15.1. The predicted molar refractivity (Wildman–Crippen MR) is 334 cm³/mol. The van der Waals surface area contributed by atoms with Gasteiger partial charge in [0.25, 0.3) is 0 Å². The molecule has 78 heavy (non-hydrogen) atoms. The molecule has 4 heteroatoms. The monoisotopic (exact) mass is 1400 g/mol. The van der Waals surface area contributed by atoms with Gasteiger partial charge < -0.3 is 12.8 Å². The zero-order valence-electron chi connectivity index (χ0n) is 42.8. The summed E-state index contributed by atoms with van der Waals surface area (Å²) in [5.74, 6) is 5.15. The Kier molecular flexibility index (Phi) is 17.5. The summed E-state index contributed by atoms with van der Waals surface area (Å²) in [5, 5.41) is 23.3. The van der Waals surface area contributed by atoms with Gasteiger partial charge in [-0.15, -0.1) is 23.3 Å². The van der Waals surface area contributed by atoms with Crippen LogP contribution in [0.5, 0.6) is 0 Å². The molecule has 0 fully saturated rings. The van der Waals surface area contributed by atoms with Crippen LogP contribution in [0, 0.1) is 24.7 Å². The van der Waals surface area contributed by atoms with Gasteiger partial charge in [0, 0.05) is 0 Å². The molecule has 0 atom stereocenters. The first-order chi connectivity index (χ1) is 37.6. The smallest absolute Gasteiger partial charge is 0.366 e. The minimum absolute atomic E-state index is 0. The molecule has 1 aliphatic carbocycles. The molecule has 13 aromatic rings. The van der Waals surface area contributed by atoms with Gasteiger partial charge in [0.1, 0.15) is 47.7 Å². The molecule has 0 nitrogen and oxygen atoms in total. The summed E-state index contributed by atoms with van der Waals surface area (Å²) in [6, 6.07) is 96.4. The van der Waals surface area contributed by atoms with Crippen LogP contribution in [-0.2, 0) is 57.6 Å². The van der Waals surface area contributed by atoms with Gasteiger partial charge in [-0.3, -0.25) is 11.8 Å². The van der Waals surface area contributed by atoms with Crippen molar-refractivity contribution in [1.29, 1.82) is 0 Å². The molecule has 0 radical (unpaired) electrons. The number of hydrogen-bond acceptors (Lipinski definition) is 0. The minimum Gasteiger partial charge on any atom is -0.366 e. The third kappa shape index (κ3) is 11.0. The summed E-state index contributed by atoms with van der Waals surface area (Å²) in [5.41, 5.74) is 4.86. The van der Waals surface area contributed by atoms with Crippen LogP contribution in [-0.4, -0.2) is 0 Å². The van der Waals surface area contributed by atoms with Gasteiger partial charge in [0.2, 0.25) is 0 Å². The number of fused-ring (bicyclic) bond motifs is 11. The average molecular weight is 1400 g/mol. The van der Waals surface area contributed by atoms with Gasteiger partial charge in [-0.1, -0.05) is 205 Å². The molecule has 0 amide bonds. The van der Waals surface area contributed by atoms with Crippen molar-refractivity contribution in [2.24, 2.45) is 0 Å². The van der Waals surface area contributed by atoms with E-state index in [4.69, 9.17) is 12.8 Å². The standard InChI is InChI=1S/C34H30P2.2C20H11.2Au/c1-5-17-29(18-6-1)35(30-19-7-2-8-20-30)33-25-27-15-13-14-16-28(27)26-34(33)36(31-21-9-3-10-22-31)32-23-11-4-12-24-32;2*1-2-14-13-20-17-9-4-3-7-15(17)11-12-19(20)18-10-6-5-8-16(14)18;;/h1-12,17-26H,13-16H2;2*3-13H;;/q;2*-1;2*+1/p+2. The van der Waals surface area contributed by atoms with Crippen molar-refractivity contribution in [3.05, 3.63) is 302 Å². The Balaban J connectivity index is 0.000000140. The van der Waals surface area contributed by atoms with Gasteiger partial charge >= 0.3 is 44.8 Å². The van der Waals surface area contributed by atoms with E-state index in [1.165, 1.54) is 101 Å². The van der Waals surface area contributed by atoms with Crippen molar-refractivity contribution < 1.29 is 44.8 Å². The van der Waals surface area contributed by atoms with E-state index in [2.05, 4.69) is 254 Å². The summed E-state index contributed by atoms with van der Waals surface area (Å²) >= 11 is 0. The van der Waals surface area contributed by atoms with E-state index < -0.39 is 15.8 Å². The fraction of sp³-hybridized carbons (Fsp3) is 0.0541. The zero-order chi connectivity index (χ0) is 51.2. The van der Waals surface area contributed by atoms with Crippen LogP contribution in [0.4, 0.5) is 0 Å². The molecule has 0 aromatic heterocycles. The second-order valence-electron chi connectivity index (χ2n) is 19.5. The molecule has 380 valence electrons. The van der Waals surface area contributed by atoms with Crippen molar-refractivity contribution in [3.63, 3.8) is 0 Å². The second-order valence-corrected chi connectivity index (χ2v) is 24.4. The quantitative estimate of drug-likeness (QED) is 0.0512. The first kappa shape index (κ1) is 54.2. The summed E-state index contributed by atoms with van der Waals surface area (Å²) in [6.07, 6.45) is 20.1. The number of rotatable bonds is 6.